The molecule has 0 aliphatic rings. The third kappa shape index (κ3) is 1.69. The highest BCUT2D eigenvalue weighted by Gasteiger charge is 2.13. The minimum Gasteiger partial charge on any atom is -0.313 e. The quantitative estimate of drug-likeness (QED) is 0.880. The number of aromatic nitrogens is 2. The highest BCUT2D eigenvalue weighted by molar-refractivity contribution is 9.10. The molecule has 4 nitrogen and oxygen atoms in total. The van der Waals surface area contributed by atoms with Crippen LogP contribution in [0.2, 0.25) is 0 Å². The Labute approximate surface area is 99.6 Å². The first-order valence-electron chi connectivity index (χ1n) is 4.73. The van der Waals surface area contributed by atoms with Crippen LogP contribution in [0.3, 0.4) is 0 Å². The molecule has 2 rings (SSSR count). The van der Waals surface area contributed by atoms with Gasteiger partial charge in [0.05, 0.1) is 5.69 Å². The van der Waals surface area contributed by atoms with Crippen molar-refractivity contribution < 1.29 is 9.18 Å². The van der Waals surface area contributed by atoms with E-state index in [1.54, 1.807) is 6.20 Å². The molecule has 0 unspecified atom stereocenters. The van der Waals surface area contributed by atoms with Crippen LogP contribution in [0, 0.1) is 5.82 Å². The van der Waals surface area contributed by atoms with Crippen LogP contribution in [-0.2, 0) is 11.2 Å². The van der Waals surface area contributed by atoms with Gasteiger partial charge in [0, 0.05) is 10.7 Å². The number of halogens is 2. The van der Waals surface area contributed by atoms with Crippen molar-refractivity contribution in [1.29, 1.82) is 0 Å². The second-order valence-corrected chi connectivity index (χ2v) is 4.14. The number of anilines is 1. The van der Waals surface area contributed by atoms with Crippen molar-refractivity contribution >= 4 is 33.8 Å². The molecule has 0 saturated carbocycles. The highest BCUT2D eigenvalue weighted by atomic mass is 79.9. The van der Waals surface area contributed by atoms with Crippen LogP contribution in [0.4, 0.5) is 10.2 Å². The van der Waals surface area contributed by atoms with E-state index in [4.69, 9.17) is 0 Å². The number of amides is 1. The van der Waals surface area contributed by atoms with Gasteiger partial charge < -0.3 is 5.32 Å². The molecule has 2 aromatic rings. The van der Waals surface area contributed by atoms with Crippen LogP contribution in [0.25, 0.3) is 5.65 Å². The monoisotopic (exact) mass is 285 g/mol. The number of imidazole rings is 1. The van der Waals surface area contributed by atoms with E-state index in [0.717, 1.165) is 0 Å². The first kappa shape index (κ1) is 11.1. The van der Waals surface area contributed by atoms with Gasteiger partial charge in [-0.3, -0.25) is 9.20 Å². The van der Waals surface area contributed by atoms with E-state index in [1.165, 1.54) is 10.5 Å². The zero-order valence-corrected chi connectivity index (χ0v) is 10.1. The van der Waals surface area contributed by atoms with Crippen molar-refractivity contribution in [2.45, 2.75) is 13.3 Å². The predicted molar refractivity (Wildman–Crippen MR) is 61.9 cm³/mol. The summed E-state index contributed by atoms with van der Waals surface area (Å²) < 4.78 is 15.7. The summed E-state index contributed by atoms with van der Waals surface area (Å²) in [6, 6.07) is 1.34. The van der Waals surface area contributed by atoms with Crippen LogP contribution in [0.15, 0.2) is 16.7 Å². The zero-order chi connectivity index (χ0) is 11.7. The molecule has 6 heteroatoms. The largest absolute Gasteiger partial charge is 0.313 e. The summed E-state index contributed by atoms with van der Waals surface area (Å²) in [5.41, 5.74) is 0.869. The van der Waals surface area contributed by atoms with Crippen LogP contribution >= 0.6 is 15.9 Å². The second kappa shape index (κ2) is 4.21. The summed E-state index contributed by atoms with van der Waals surface area (Å²) in [5.74, 6) is 0.0794. The van der Waals surface area contributed by atoms with Gasteiger partial charge in [0.1, 0.15) is 5.82 Å². The van der Waals surface area contributed by atoms with E-state index in [1.807, 2.05) is 6.92 Å². The van der Waals surface area contributed by atoms with Crippen molar-refractivity contribution in [2.75, 3.05) is 5.32 Å². The minimum absolute atomic E-state index is 0.212. The van der Waals surface area contributed by atoms with E-state index in [-0.39, 0.29) is 5.65 Å². The van der Waals surface area contributed by atoms with E-state index in [0.29, 0.717) is 28.8 Å². The lowest BCUT2D eigenvalue weighted by atomic mass is 10.3. The number of aryl methyl sites for hydroxylation is 1. The fourth-order valence-electron chi connectivity index (χ4n) is 1.58. The third-order valence-electron chi connectivity index (χ3n) is 2.24. The summed E-state index contributed by atoms with van der Waals surface area (Å²) in [6.45, 7) is 1.89. The number of pyridine rings is 1. The van der Waals surface area contributed by atoms with Crippen LogP contribution < -0.4 is 5.32 Å². The molecular formula is C10H9BrFN3O. The Balaban J connectivity index is 2.78. The summed E-state index contributed by atoms with van der Waals surface area (Å²) in [7, 11) is 0. The Morgan fingerprint density at radius 1 is 1.69 bits per heavy atom. The lowest BCUT2D eigenvalue weighted by molar-refractivity contribution is -0.105. The van der Waals surface area contributed by atoms with E-state index in [2.05, 4.69) is 26.2 Å². The predicted octanol–water partition coefficient (Wildman–Crippen LogP) is 2.37. The smallest absolute Gasteiger partial charge is 0.212 e. The first-order chi connectivity index (χ1) is 7.67. The molecular weight excluding hydrogens is 277 g/mol. The Hall–Kier alpha value is -1.43. The topological polar surface area (TPSA) is 46.4 Å². The van der Waals surface area contributed by atoms with Gasteiger partial charge in [-0.25, -0.2) is 9.37 Å². The maximum atomic E-state index is 13.6. The summed E-state index contributed by atoms with van der Waals surface area (Å²) >= 11 is 3.19. The Bertz CT molecular complexity index is 552. The maximum Gasteiger partial charge on any atom is 0.212 e. The number of rotatable bonds is 3. The number of nitrogens with zero attached hydrogens (tertiary/aromatic N) is 2. The Kier molecular flexibility index (Phi) is 2.91. The van der Waals surface area contributed by atoms with E-state index in [9.17, 15) is 9.18 Å². The average molecular weight is 286 g/mol. The molecule has 0 radical (unpaired) electrons. The number of carbonyl (C=O) groups is 1. The fourth-order valence-corrected chi connectivity index (χ4v) is 1.98. The molecule has 0 saturated heterocycles. The molecule has 0 atom stereocenters. The molecule has 84 valence electrons. The van der Waals surface area contributed by atoms with Gasteiger partial charge in [-0.05, 0) is 28.4 Å². The molecule has 0 spiro atoms. The Morgan fingerprint density at radius 3 is 3.06 bits per heavy atom. The van der Waals surface area contributed by atoms with Crippen molar-refractivity contribution in [3.05, 3.63) is 28.2 Å². The van der Waals surface area contributed by atoms with E-state index >= 15 is 0 Å². The molecule has 0 aromatic carbocycles. The van der Waals surface area contributed by atoms with Crippen molar-refractivity contribution in [1.82, 2.24) is 9.38 Å². The van der Waals surface area contributed by atoms with Crippen LogP contribution in [0.5, 0.6) is 0 Å². The molecule has 16 heavy (non-hydrogen) atoms. The van der Waals surface area contributed by atoms with Gasteiger partial charge in [-0.1, -0.05) is 6.92 Å². The van der Waals surface area contributed by atoms with Crippen LogP contribution in [0.1, 0.15) is 12.6 Å². The second-order valence-electron chi connectivity index (χ2n) is 3.22. The maximum absolute atomic E-state index is 13.6. The fraction of sp³-hybridized carbons (Fsp3) is 0.200. The molecule has 1 N–H and O–H groups in total. The average Bonchev–Trinajstić information content (AvgIpc) is 2.58. The summed E-state index contributed by atoms with van der Waals surface area (Å²) in [6.07, 6.45) is 2.84. The summed E-state index contributed by atoms with van der Waals surface area (Å²) in [5, 5.41) is 2.54. The van der Waals surface area contributed by atoms with Crippen molar-refractivity contribution in [2.24, 2.45) is 0 Å². The Morgan fingerprint density at radius 2 is 2.44 bits per heavy atom. The number of carbonyl (C=O) groups excluding carboxylic acids is 1. The minimum atomic E-state index is -0.428. The highest BCUT2D eigenvalue weighted by Crippen LogP contribution is 2.23. The van der Waals surface area contributed by atoms with Gasteiger partial charge >= 0.3 is 0 Å². The lowest BCUT2D eigenvalue weighted by Gasteiger charge is -2.02. The first-order valence-corrected chi connectivity index (χ1v) is 5.52. The number of hydrogen-bond donors (Lipinski definition) is 1. The third-order valence-corrected chi connectivity index (χ3v) is 2.68. The van der Waals surface area contributed by atoms with E-state index < -0.39 is 5.82 Å². The number of hydrogen-bond acceptors (Lipinski definition) is 2. The standard InChI is InChI=1S/C10H9BrFN3O/c1-2-8-10(13-5-16)15-4-6(11)3-7(12)9(15)14-8/h3-5H,2H2,1H3,(H,13,16). The van der Waals surface area contributed by atoms with Gasteiger partial charge in [-0.2, -0.15) is 0 Å². The molecule has 0 bridgehead atoms. The normalized spacial score (nSPS) is 10.7. The van der Waals surface area contributed by atoms with Gasteiger partial charge in [0.15, 0.2) is 11.5 Å². The summed E-state index contributed by atoms with van der Waals surface area (Å²) in [4.78, 5) is 14.6. The lowest BCUT2D eigenvalue weighted by Crippen LogP contribution is -2.01. The van der Waals surface area contributed by atoms with Crippen LogP contribution in [-0.4, -0.2) is 15.8 Å². The molecule has 0 aliphatic carbocycles. The molecule has 0 fully saturated rings. The van der Waals surface area contributed by atoms with Gasteiger partial charge in [0.2, 0.25) is 6.41 Å². The molecule has 0 aliphatic heterocycles. The van der Waals surface area contributed by atoms with Crippen molar-refractivity contribution in [3.63, 3.8) is 0 Å². The van der Waals surface area contributed by atoms with Crippen molar-refractivity contribution in [3.8, 4) is 0 Å². The van der Waals surface area contributed by atoms with Gasteiger partial charge in [-0.15, -0.1) is 0 Å². The zero-order valence-electron chi connectivity index (χ0n) is 8.50. The SMILES string of the molecule is CCc1nc2c(F)cc(Br)cn2c1NC=O. The van der Waals surface area contributed by atoms with Gasteiger partial charge in [0.25, 0.3) is 0 Å². The molecule has 2 aromatic heterocycles. The number of fused-ring (bicyclic) bond motifs is 1. The molecule has 1 amide bonds. The number of nitrogens with one attached hydrogen (secondary N) is 1. The molecule has 2 heterocycles.